The summed E-state index contributed by atoms with van der Waals surface area (Å²) in [6, 6.07) is -0.148. The molecule has 0 fully saturated rings. The molecule has 1 atom stereocenters. The molecule has 0 amide bonds. The van der Waals surface area contributed by atoms with Gasteiger partial charge in [0.05, 0.1) is 6.04 Å². The molecular weight excluding hydrogens is 283 g/mol. The summed E-state index contributed by atoms with van der Waals surface area (Å²) in [6.45, 7) is 10.2. The van der Waals surface area contributed by atoms with Gasteiger partial charge < -0.3 is 9.75 Å². The third kappa shape index (κ3) is 9.73. The van der Waals surface area contributed by atoms with E-state index in [4.69, 9.17) is 0 Å². The summed E-state index contributed by atoms with van der Waals surface area (Å²) in [4.78, 5) is 3.93. The summed E-state index contributed by atoms with van der Waals surface area (Å²) in [7, 11) is 0. The van der Waals surface area contributed by atoms with E-state index in [2.05, 4.69) is 28.3 Å². The van der Waals surface area contributed by atoms with Crippen molar-refractivity contribution in [2.75, 3.05) is 13.2 Å². The van der Waals surface area contributed by atoms with Crippen LogP contribution in [0.5, 0.6) is 0 Å². The molecule has 0 aromatic carbocycles. The standard InChI is InChI=1S/C14H22F3N3O/c1-5-9-13(21-11-14(15,16)17)18-10-12(6-2)19-20(7-3)8-4/h5,7,9-10,12,19H,1,3,6,8,11H2,2,4H3/b13-9+,18-10?. The highest BCUT2D eigenvalue weighted by atomic mass is 19.4. The minimum Gasteiger partial charge on any atom is -0.468 e. The first kappa shape index (κ1) is 19.2. The number of rotatable bonds is 10. The van der Waals surface area contributed by atoms with Gasteiger partial charge in [0, 0.05) is 19.0 Å². The van der Waals surface area contributed by atoms with Gasteiger partial charge in [-0.25, -0.2) is 10.4 Å². The molecule has 0 aliphatic carbocycles. The highest BCUT2D eigenvalue weighted by Crippen LogP contribution is 2.16. The number of halogens is 3. The van der Waals surface area contributed by atoms with Gasteiger partial charge in [0.25, 0.3) is 0 Å². The normalized spacial score (nSPS) is 14.0. The van der Waals surface area contributed by atoms with Crippen molar-refractivity contribution < 1.29 is 17.9 Å². The Morgan fingerprint density at radius 3 is 2.48 bits per heavy atom. The molecule has 0 saturated heterocycles. The second-order valence-corrected chi connectivity index (χ2v) is 4.04. The van der Waals surface area contributed by atoms with Crippen LogP contribution in [0.1, 0.15) is 20.3 Å². The van der Waals surface area contributed by atoms with Crippen molar-refractivity contribution >= 4 is 6.21 Å². The van der Waals surface area contributed by atoms with Crippen molar-refractivity contribution in [3.63, 3.8) is 0 Å². The monoisotopic (exact) mass is 305 g/mol. The Labute approximate surface area is 123 Å². The van der Waals surface area contributed by atoms with Gasteiger partial charge in [-0.2, -0.15) is 13.2 Å². The number of nitrogens with one attached hydrogen (secondary N) is 1. The zero-order valence-electron chi connectivity index (χ0n) is 12.4. The summed E-state index contributed by atoms with van der Waals surface area (Å²) in [6.07, 6.45) is 2.02. The molecule has 0 spiro atoms. The second-order valence-electron chi connectivity index (χ2n) is 4.04. The van der Waals surface area contributed by atoms with E-state index in [1.165, 1.54) is 18.4 Å². The zero-order chi connectivity index (χ0) is 16.3. The lowest BCUT2D eigenvalue weighted by Gasteiger charge is -2.23. The van der Waals surface area contributed by atoms with Gasteiger partial charge in [-0.3, -0.25) is 0 Å². The predicted molar refractivity (Wildman–Crippen MR) is 78.6 cm³/mol. The van der Waals surface area contributed by atoms with Crippen molar-refractivity contribution in [3.05, 3.63) is 37.4 Å². The lowest BCUT2D eigenvalue weighted by molar-refractivity contribution is -0.164. The fourth-order valence-electron chi connectivity index (χ4n) is 1.26. The number of hydrogen-bond acceptors (Lipinski definition) is 4. The summed E-state index contributed by atoms with van der Waals surface area (Å²) in [5.74, 6) is -0.135. The maximum Gasteiger partial charge on any atom is 0.422 e. The number of alkyl halides is 3. The molecule has 0 rings (SSSR count). The van der Waals surface area contributed by atoms with Gasteiger partial charge in [-0.15, -0.1) is 0 Å². The van der Waals surface area contributed by atoms with Crippen molar-refractivity contribution in [1.82, 2.24) is 10.4 Å². The Bertz CT molecular complexity index is 378. The van der Waals surface area contributed by atoms with E-state index in [9.17, 15) is 13.2 Å². The molecule has 0 aromatic heterocycles. The first-order chi connectivity index (χ1) is 9.86. The third-order valence-corrected chi connectivity index (χ3v) is 2.36. The van der Waals surface area contributed by atoms with E-state index in [-0.39, 0.29) is 11.9 Å². The van der Waals surface area contributed by atoms with E-state index in [1.54, 1.807) is 11.2 Å². The molecule has 0 heterocycles. The van der Waals surface area contributed by atoms with Crippen LogP contribution in [-0.2, 0) is 4.74 Å². The van der Waals surface area contributed by atoms with Crippen LogP contribution < -0.4 is 5.43 Å². The lowest BCUT2D eigenvalue weighted by Crippen LogP contribution is -2.41. The Balaban J connectivity index is 4.69. The molecule has 0 radical (unpaired) electrons. The second kappa shape index (κ2) is 10.0. The predicted octanol–water partition coefficient (Wildman–Crippen LogP) is 3.41. The van der Waals surface area contributed by atoms with Crippen LogP contribution in [0.4, 0.5) is 13.2 Å². The average molecular weight is 305 g/mol. The molecule has 0 bridgehead atoms. The van der Waals surface area contributed by atoms with Crippen molar-refractivity contribution in [2.24, 2.45) is 4.99 Å². The van der Waals surface area contributed by atoms with Gasteiger partial charge in [-0.1, -0.05) is 26.2 Å². The number of aliphatic imine (C=N–C) groups is 1. The summed E-state index contributed by atoms with van der Waals surface area (Å²) in [5.41, 5.74) is 3.11. The molecule has 0 aliphatic heterocycles. The van der Waals surface area contributed by atoms with Crippen LogP contribution >= 0.6 is 0 Å². The van der Waals surface area contributed by atoms with E-state index in [1.807, 2.05) is 13.8 Å². The summed E-state index contributed by atoms with van der Waals surface area (Å²) < 4.78 is 41.0. The van der Waals surface area contributed by atoms with Gasteiger partial charge in [-0.05, 0) is 19.4 Å². The fourth-order valence-corrected chi connectivity index (χ4v) is 1.26. The van der Waals surface area contributed by atoms with E-state index >= 15 is 0 Å². The lowest BCUT2D eigenvalue weighted by atomic mass is 10.2. The molecule has 7 heteroatoms. The topological polar surface area (TPSA) is 36.9 Å². The number of hydrogen-bond donors (Lipinski definition) is 1. The van der Waals surface area contributed by atoms with Crippen LogP contribution in [0.15, 0.2) is 42.4 Å². The largest absolute Gasteiger partial charge is 0.468 e. The fraction of sp³-hybridized carbons (Fsp3) is 0.500. The Hall–Kier alpha value is -1.76. The van der Waals surface area contributed by atoms with Crippen LogP contribution in [0, 0.1) is 0 Å². The molecule has 0 aromatic rings. The van der Waals surface area contributed by atoms with E-state index in [0.717, 1.165) is 0 Å². The van der Waals surface area contributed by atoms with Gasteiger partial charge in [0.1, 0.15) is 0 Å². The minimum absolute atomic E-state index is 0.135. The van der Waals surface area contributed by atoms with E-state index < -0.39 is 12.8 Å². The molecule has 120 valence electrons. The highest BCUT2D eigenvalue weighted by Gasteiger charge is 2.28. The third-order valence-electron chi connectivity index (χ3n) is 2.36. The van der Waals surface area contributed by atoms with Crippen LogP contribution in [0.3, 0.4) is 0 Å². The number of hydrazine groups is 1. The molecule has 1 N–H and O–H groups in total. The molecule has 1 unspecified atom stereocenters. The van der Waals surface area contributed by atoms with Gasteiger partial charge in [0.15, 0.2) is 6.61 Å². The smallest absolute Gasteiger partial charge is 0.422 e. The van der Waals surface area contributed by atoms with Gasteiger partial charge in [0.2, 0.25) is 5.88 Å². The molecule has 0 aliphatic rings. The van der Waals surface area contributed by atoms with Crippen LogP contribution in [-0.4, -0.2) is 36.6 Å². The Morgan fingerprint density at radius 1 is 1.38 bits per heavy atom. The summed E-state index contributed by atoms with van der Waals surface area (Å²) in [5, 5.41) is 1.76. The molecule has 4 nitrogen and oxygen atoms in total. The van der Waals surface area contributed by atoms with Crippen LogP contribution in [0.2, 0.25) is 0 Å². The molecular formula is C14H22F3N3O. The van der Waals surface area contributed by atoms with Crippen molar-refractivity contribution in [3.8, 4) is 0 Å². The van der Waals surface area contributed by atoms with Gasteiger partial charge >= 0.3 is 6.18 Å². The number of allylic oxidation sites excluding steroid dienone is 2. The average Bonchev–Trinajstić information content (AvgIpc) is 2.44. The maximum atomic E-state index is 12.1. The summed E-state index contributed by atoms with van der Waals surface area (Å²) >= 11 is 0. The first-order valence-corrected chi connectivity index (χ1v) is 6.58. The van der Waals surface area contributed by atoms with E-state index in [0.29, 0.717) is 13.0 Å². The quantitative estimate of drug-likeness (QED) is 0.291. The number of nitrogens with zero attached hydrogens (tertiary/aromatic N) is 2. The molecule has 0 saturated carbocycles. The minimum atomic E-state index is -4.40. The first-order valence-electron chi connectivity index (χ1n) is 6.58. The number of ether oxygens (including phenoxy) is 1. The SMILES string of the molecule is C=C/C=C(\N=CC(CC)NN(C=C)CC)OCC(F)(F)F. The van der Waals surface area contributed by atoms with Crippen molar-refractivity contribution in [2.45, 2.75) is 32.5 Å². The zero-order valence-corrected chi connectivity index (χ0v) is 12.4. The highest BCUT2D eigenvalue weighted by molar-refractivity contribution is 5.65. The van der Waals surface area contributed by atoms with Crippen LogP contribution in [0.25, 0.3) is 0 Å². The Kier molecular flexibility index (Phi) is 9.20. The van der Waals surface area contributed by atoms with Crippen molar-refractivity contribution in [1.29, 1.82) is 0 Å². The molecule has 21 heavy (non-hydrogen) atoms. The Morgan fingerprint density at radius 2 is 2.05 bits per heavy atom. The maximum absolute atomic E-state index is 12.1.